The first-order valence-corrected chi connectivity index (χ1v) is 11.4. The Morgan fingerprint density at radius 1 is 1.15 bits per heavy atom. The third-order valence-electron chi connectivity index (χ3n) is 6.38. The molecule has 5 rings (SSSR count). The summed E-state index contributed by atoms with van der Waals surface area (Å²) >= 11 is 0. The lowest BCUT2D eigenvalue weighted by molar-refractivity contribution is -0.0267. The van der Waals surface area contributed by atoms with Gasteiger partial charge in [-0.25, -0.2) is 18.8 Å². The van der Waals surface area contributed by atoms with Gasteiger partial charge in [0.15, 0.2) is 0 Å². The zero-order valence-corrected chi connectivity index (χ0v) is 20.0. The summed E-state index contributed by atoms with van der Waals surface area (Å²) in [5, 5.41) is 10.6. The second-order valence-corrected chi connectivity index (χ2v) is 9.89. The Hall–Kier alpha value is -3.33. The number of aromatic amines is 1. The van der Waals surface area contributed by atoms with Crippen LogP contribution in [0.1, 0.15) is 37.7 Å². The van der Waals surface area contributed by atoms with Crippen molar-refractivity contribution in [1.82, 2.24) is 15.2 Å². The predicted molar refractivity (Wildman–Crippen MR) is 129 cm³/mol. The largest absolute Gasteiger partial charge is 0.374 e. The number of hydrogen-bond donors (Lipinski definition) is 2. The van der Waals surface area contributed by atoms with Crippen molar-refractivity contribution < 1.29 is 13.5 Å². The average Bonchev–Trinajstić information content (AvgIpc) is 3.05. The number of halogens is 2. The molecular weight excluding hydrogens is 438 g/mol. The van der Waals surface area contributed by atoms with E-state index in [0.29, 0.717) is 35.9 Å². The Kier molecular flexibility index (Phi) is 5.39. The molecule has 2 aliphatic rings. The third kappa shape index (κ3) is 3.83. The van der Waals surface area contributed by atoms with Crippen molar-refractivity contribution in [3.05, 3.63) is 52.9 Å². The summed E-state index contributed by atoms with van der Waals surface area (Å²) < 4.78 is 35.3. The second kappa shape index (κ2) is 8.16. The number of fused-ring (bicyclic) bond motifs is 3. The van der Waals surface area contributed by atoms with Gasteiger partial charge in [-0.05, 0) is 37.5 Å². The van der Waals surface area contributed by atoms with Crippen LogP contribution in [0.15, 0.2) is 29.3 Å². The summed E-state index contributed by atoms with van der Waals surface area (Å²) in [6.07, 6.45) is 0.0701. The summed E-state index contributed by atoms with van der Waals surface area (Å²) in [5.74, 6) is -0.504. The van der Waals surface area contributed by atoms with E-state index in [1.54, 1.807) is 0 Å². The standard InChI is InChI=1S/C25H28F2N6O/c1-13-21-15(11-19(28-13)33-9-10-34-18(12-33)25(3,4)5)23-22(14(2)31-32-23)30-24(29-21)20-16(26)7-6-8-17(20)27/h6-8,11,18H,9-10,12H2,1-5H3,(H,29,30)(H,31,32). The molecule has 1 atom stereocenters. The quantitative estimate of drug-likeness (QED) is 0.548. The molecule has 0 saturated carbocycles. The molecule has 2 aliphatic heterocycles. The fourth-order valence-electron chi connectivity index (χ4n) is 4.39. The minimum absolute atomic E-state index is 0.00117. The Labute approximate surface area is 197 Å². The number of H-pyrrole nitrogens is 1. The number of rotatable bonds is 2. The number of pyridine rings is 1. The van der Waals surface area contributed by atoms with Crippen molar-refractivity contribution in [2.75, 3.05) is 29.9 Å². The van der Waals surface area contributed by atoms with Crippen molar-refractivity contribution >= 4 is 23.0 Å². The number of aryl methyl sites for hydroxylation is 2. The summed E-state index contributed by atoms with van der Waals surface area (Å²) in [6.45, 7) is 12.3. The zero-order valence-electron chi connectivity index (χ0n) is 20.0. The number of ether oxygens (including phenoxy) is 1. The van der Waals surface area contributed by atoms with E-state index in [9.17, 15) is 8.78 Å². The Balaban J connectivity index is 1.66. The lowest BCUT2D eigenvalue weighted by Crippen LogP contribution is -2.48. The molecule has 3 aromatic rings. The Morgan fingerprint density at radius 3 is 2.59 bits per heavy atom. The van der Waals surface area contributed by atoms with Crippen molar-refractivity contribution in [2.45, 2.75) is 40.7 Å². The van der Waals surface area contributed by atoms with Crippen LogP contribution in [0, 0.1) is 30.9 Å². The van der Waals surface area contributed by atoms with E-state index in [-0.39, 0.29) is 22.9 Å². The Bertz CT molecular complexity index is 1270. The number of benzene rings is 1. The van der Waals surface area contributed by atoms with Gasteiger partial charge >= 0.3 is 0 Å². The average molecular weight is 467 g/mol. The number of aliphatic imine (C=N–C) groups is 1. The molecule has 1 fully saturated rings. The normalized spacial score (nSPS) is 18.0. The van der Waals surface area contributed by atoms with Gasteiger partial charge < -0.3 is 15.0 Å². The number of nitrogens with zero attached hydrogens (tertiary/aromatic N) is 4. The molecule has 0 radical (unpaired) electrons. The van der Waals surface area contributed by atoms with Crippen LogP contribution in [-0.2, 0) is 4.74 Å². The molecule has 4 heterocycles. The first-order chi connectivity index (χ1) is 16.1. The molecule has 0 amide bonds. The summed E-state index contributed by atoms with van der Waals surface area (Å²) in [7, 11) is 0. The highest BCUT2D eigenvalue weighted by Crippen LogP contribution is 2.42. The highest BCUT2D eigenvalue weighted by atomic mass is 19.1. The van der Waals surface area contributed by atoms with Crippen molar-refractivity contribution in [3.8, 4) is 11.3 Å². The second-order valence-electron chi connectivity index (χ2n) is 9.89. The summed E-state index contributed by atoms with van der Waals surface area (Å²) in [6, 6.07) is 5.73. The maximum absolute atomic E-state index is 14.7. The molecule has 1 saturated heterocycles. The van der Waals surface area contributed by atoms with Crippen molar-refractivity contribution in [3.63, 3.8) is 0 Å². The van der Waals surface area contributed by atoms with Crippen LogP contribution in [0.2, 0.25) is 0 Å². The molecule has 1 aromatic carbocycles. The van der Waals surface area contributed by atoms with E-state index >= 15 is 0 Å². The smallest absolute Gasteiger partial charge is 0.144 e. The van der Waals surface area contributed by atoms with E-state index in [1.807, 2.05) is 19.9 Å². The van der Waals surface area contributed by atoms with E-state index in [4.69, 9.17) is 9.72 Å². The van der Waals surface area contributed by atoms with Gasteiger partial charge in [-0.2, -0.15) is 5.10 Å². The molecule has 1 unspecified atom stereocenters. The van der Waals surface area contributed by atoms with Gasteiger partial charge in [0, 0.05) is 18.7 Å². The Morgan fingerprint density at radius 2 is 1.88 bits per heavy atom. The molecule has 2 N–H and O–H groups in total. The van der Waals surface area contributed by atoms with Gasteiger partial charge in [-0.1, -0.05) is 26.8 Å². The molecule has 178 valence electrons. The van der Waals surface area contributed by atoms with Gasteiger partial charge in [-0.3, -0.25) is 5.10 Å². The van der Waals surface area contributed by atoms with Gasteiger partial charge in [-0.15, -0.1) is 0 Å². The maximum atomic E-state index is 14.7. The highest BCUT2D eigenvalue weighted by molar-refractivity contribution is 6.14. The van der Waals surface area contributed by atoms with Crippen LogP contribution in [0.3, 0.4) is 0 Å². The van der Waals surface area contributed by atoms with Crippen LogP contribution in [0.5, 0.6) is 0 Å². The van der Waals surface area contributed by atoms with Crippen LogP contribution in [0.4, 0.5) is 26.0 Å². The number of morpholine rings is 1. The molecule has 0 aliphatic carbocycles. The lowest BCUT2D eigenvalue weighted by atomic mass is 9.88. The van der Waals surface area contributed by atoms with E-state index in [1.165, 1.54) is 18.2 Å². The lowest BCUT2D eigenvalue weighted by Gasteiger charge is -2.40. The molecule has 0 spiro atoms. The van der Waals surface area contributed by atoms with Crippen LogP contribution < -0.4 is 10.2 Å². The monoisotopic (exact) mass is 466 g/mol. The van der Waals surface area contributed by atoms with Gasteiger partial charge in [0.1, 0.15) is 29.0 Å². The van der Waals surface area contributed by atoms with Gasteiger partial charge in [0.05, 0.1) is 41.0 Å². The first-order valence-electron chi connectivity index (χ1n) is 11.4. The highest BCUT2D eigenvalue weighted by Gasteiger charge is 2.32. The topological polar surface area (TPSA) is 78.4 Å². The maximum Gasteiger partial charge on any atom is 0.144 e. The fraction of sp³-hybridized carbons (Fsp3) is 0.400. The number of nitrogens with one attached hydrogen (secondary N) is 2. The van der Waals surface area contributed by atoms with E-state index < -0.39 is 11.6 Å². The number of anilines is 2. The van der Waals surface area contributed by atoms with Gasteiger partial charge in [0.25, 0.3) is 0 Å². The van der Waals surface area contributed by atoms with Crippen LogP contribution in [0.25, 0.3) is 11.3 Å². The van der Waals surface area contributed by atoms with Crippen LogP contribution >= 0.6 is 0 Å². The molecule has 7 nitrogen and oxygen atoms in total. The van der Waals surface area contributed by atoms with Crippen LogP contribution in [-0.4, -0.2) is 46.8 Å². The van der Waals surface area contributed by atoms with Gasteiger partial charge in [0.2, 0.25) is 0 Å². The van der Waals surface area contributed by atoms with E-state index in [0.717, 1.165) is 23.6 Å². The fourth-order valence-corrected chi connectivity index (χ4v) is 4.39. The molecule has 2 aromatic heterocycles. The number of aromatic nitrogens is 3. The number of hydrogen-bond acceptors (Lipinski definition) is 6. The minimum atomic E-state index is -0.693. The van der Waals surface area contributed by atoms with E-state index in [2.05, 4.69) is 46.2 Å². The summed E-state index contributed by atoms with van der Waals surface area (Å²) in [4.78, 5) is 11.7. The van der Waals surface area contributed by atoms with Crippen molar-refractivity contribution in [2.24, 2.45) is 10.4 Å². The molecule has 9 heteroatoms. The predicted octanol–water partition coefficient (Wildman–Crippen LogP) is 5.12. The first kappa shape index (κ1) is 22.5. The van der Waals surface area contributed by atoms with Crippen molar-refractivity contribution in [1.29, 1.82) is 0 Å². The molecule has 34 heavy (non-hydrogen) atoms. The SMILES string of the molecule is Cc1nc(N2CCOC(C(C)(C)C)C2)cc2c1N=C(c1c(F)cccc1F)Nc1c-2n[nH]c1C. The molecule has 0 bridgehead atoms. The third-order valence-corrected chi connectivity index (χ3v) is 6.38. The number of amidine groups is 1. The zero-order chi connectivity index (χ0) is 24.2. The summed E-state index contributed by atoms with van der Waals surface area (Å²) in [5.41, 5.74) is 3.71. The minimum Gasteiger partial charge on any atom is -0.374 e. The molecular formula is C25H28F2N6O.